The third kappa shape index (κ3) is 4.34. The second-order valence-corrected chi connectivity index (χ2v) is 3.96. The van der Waals surface area contributed by atoms with Gasteiger partial charge in [-0.05, 0) is 32.6 Å². The van der Waals surface area contributed by atoms with Crippen molar-refractivity contribution in [3.8, 4) is 0 Å². The van der Waals surface area contributed by atoms with Gasteiger partial charge in [-0.1, -0.05) is 6.58 Å². The van der Waals surface area contributed by atoms with E-state index >= 15 is 0 Å². The van der Waals surface area contributed by atoms with Crippen LogP contribution in [0.4, 0.5) is 0 Å². The number of nitrogens with two attached hydrogens (primary N) is 1. The van der Waals surface area contributed by atoms with Gasteiger partial charge in [-0.3, -0.25) is 4.79 Å². The van der Waals surface area contributed by atoms with Crippen LogP contribution in [0, 0.1) is 0 Å². The van der Waals surface area contributed by atoms with E-state index in [9.17, 15) is 4.79 Å². The highest BCUT2D eigenvalue weighted by Crippen LogP contribution is 2.21. The van der Waals surface area contributed by atoms with Crippen LogP contribution in [0.2, 0.25) is 0 Å². The predicted molar refractivity (Wildman–Crippen MR) is 57.1 cm³/mol. The Kier molecular flexibility index (Phi) is 4.62. The van der Waals surface area contributed by atoms with E-state index in [2.05, 4.69) is 6.58 Å². The summed E-state index contributed by atoms with van der Waals surface area (Å²) in [6, 6.07) is -0.706. The Labute approximate surface area is 90.4 Å². The number of hydrogen-bond donors (Lipinski definition) is 1. The Morgan fingerprint density at radius 3 is 2.67 bits per heavy atom. The van der Waals surface area contributed by atoms with Gasteiger partial charge in [0.15, 0.2) is 0 Å². The summed E-state index contributed by atoms with van der Waals surface area (Å²) in [6.45, 7) is 5.42. The van der Waals surface area contributed by atoms with E-state index < -0.39 is 6.04 Å². The van der Waals surface area contributed by atoms with Crippen LogP contribution in [0.3, 0.4) is 0 Å². The zero-order chi connectivity index (χ0) is 11.3. The lowest BCUT2D eigenvalue weighted by atomic mass is 10.3. The second kappa shape index (κ2) is 5.75. The number of carbonyl (C=O) groups excluding carboxylic acids is 1. The molecule has 0 unspecified atom stereocenters. The van der Waals surface area contributed by atoms with Crippen molar-refractivity contribution in [2.24, 2.45) is 5.73 Å². The Morgan fingerprint density at radius 2 is 2.13 bits per heavy atom. The molecule has 0 aliphatic heterocycles. The number of carbonyl (C=O) groups is 1. The van der Waals surface area contributed by atoms with Crippen molar-refractivity contribution in [3.63, 3.8) is 0 Å². The molecule has 1 aliphatic carbocycles. The van der Waals surface area contributed by atoms with Crippen LogP contribution < -0.4 is 5.73 Å². The lowest BCUT2D eigenvalue weighted by molar-refractivity contribution is -0.151. The summed E-state index contributed by atoms with van der Waals surface area (Å²) in [5.74, 6) is 0.183. The topological polar surface area (TPSA) is 61.5 Å². The molecule has 0 aromatic carbocycles. The normalized spacial score (nSPS) is 18.5. The summed E-state index contributed by atoms with van der Waals surface area (Å²) in [5, 5.41) is 0. The molecule has 1 aliphatic rings. The average molecular weight is 213 g/mol. The van der Waals surface area contributed by atoms with Crippen LogP contribution in [0.15, 0.2) is 12.3 Å². The minimum absolute atomic E-state index is 0.0633. The maximum atomic E-state index is 11.5. The summed E-state index contributed by atoms with van der Waals surface area (Å²) in [6.07, 6.45) is 4.25. The van der Waals surface area contributed by atoms with Crippen LogP contribution in [0.25, 0.3) is 0 Å². The summed E-state index contributed by atoms with van der Waals surface area (Å²) in [7, 11) is 0. The first-order valence-electron chi connectivity index (χ1n) is 5.34. The van der Waals surface area contributed by atoms with E-state index in [0.717, 1.165) is 25.7 Å². The van der Waals surface area contributed by atoms with Gasteiger partial charge in [-0.15, -0.1) is 0 Å². The molecule has 1 rings (SSSR count). The maximum absolute atomic E-state index is 11.5. The fourth-order valence-electron chi connectivity index (χ4n) is 1.56. The summed E-state index contributed by atoms with van der Waals surface area (Å²) in [5.41, 5.74) is 5.60. The van der Waals surface area contributed by atoms with Crippen molar-refractivity contribution >= 4 is 5.97 Å². The molecule has 1 atom stereocenters. The molecular weight excluding hydrogens is 194 g/mol. The molecule has 2 N–H and O–H groups in total. The molecular formula is C11H19NO3. The molecule has 15 heavy (non-hydrogen) atoms. The predicted octanol–water partition coefficient (Wildman–Crippen LogP) is 1.35. The third-order valence-electron chi connectivity index (χ3n) is 2.40. The van der Waals surface area contributed by atoms with Crippen LogP contribution >= 0.6 is 0 Å². The zero-order valence-corrected chi connectivity index (χ0v) is 9.20. The Hall–Kier alpha value is -1.03. The maximum Gasteiger partial charge on any atom is 0.326 e. The van der Waals surface area contributed by atoms with Gasteiger partial charge in [0.1, 0.15) is 18.8 Å². The van der Waals surface area contributed by atoms with Crippen molar-refractivity contribution in [2.75, 3.05) is 6.61 Å². The van der Waals surface area contributed by atoms with Crippen molar-refractivity contribution in [1.82, 2.24) is 0 Å². The van der Waals surface area contributed by atoms with Crippen LogP contribution in [-0.2, 0) is 14.3 Å². The van der Waals surface area contributed by atoms with Gasteiger partial charge < -0.3 is 15.2 Å². The van der Waals surface area contributed by atoms with E-state index in [4.69, 9.17) is 15.2 Å². The molecule has 1 saturated carbocycles. The second-order valence-electron chi connectivity index (χ2n) is 3.96. The highest BCUT2D eigenvalue weighted by molar-refractivity contribution is 5.75. The minimum atomic E-state index is -0.706. The lowest BCUT2D eigenvalue weighted by Crippen LogP contribution is -2.38. The van der Waals surface area contributed by atoms with E-state index in [1.807, 2.05) is 0 Å². The quantitative estimate of drug-likeness (QED) is 0.553. The smallest absolute Gasteiger partial charge is 0.326 e. The van der Waals surface area contributed by atoms with Crippen molar-refractivity contribution < 1.29 is 14.3 Å². The molecule has 0 saturated heterocycles. The van der Waals surface area contributed by atoms with Gasteiger partial charge in [0, 0.05) is 0 Å². The standard InChI is InChI=1S/C11H19NO3/c1-8(2)14-7-10(12)11(13)15-9-5-3-4-6-9/h9-10H,1,3-7,12H2,2H3/t10-/m0/s1. The largest absolute Gasteiger partial charge is 0.497 e. The van der Waals surface area contributed by atoms with Crippen molar-refractivity contribution in [2.45, 2.75) is 44.8 Å². The fraction of sp³-hybridized carbons (Fsp3) is 0.727. The molecule has 0 amide bonds. The summed E-state index contributed by atoms with van der Waals surface area (Å²) >= 11 is 0. The molecule has 0 bridgehead atoms. The van der Waals surface area contributed by atoms with Crippen LogP contribution in [0.5, 0.6) is 0 Å². The first kappa shape index (κ1) is 12.0. The number of ether oxygens (including phenoxy) is 2. The van der Waals surface area contributed by atoms with E-state index in [0.29, 0.717) is 5.76 Å². The molecule has 4 nitrogen and oxygen atoms in total. The number of rotatable bonds is 5. The van der Waals surface area contributed by atoms with Gasteiger partial charge in [0.25, 0.3) is 0 Å². The van der Waals surface area contributed by atoms with Gasteiger partial charge in [0.05, 0.1) is 5.76 Å². The van der Waals surface area contributed by atoms with Gasteiger partial charge in [0.2, 0.25) is 0 Å². The van der Waals surface area contributed by atoms with E-state index in [1.54, 1.807) is 6.92 Å². The molecule has 0 aromatic heterocycles. The van der Waals surface area contributed by atoms with Crippen molar-refractivity contribution in [3.05, 3.63) is 12.3 Å². The van der Waals surface area contributed by atoms with Gasteiger partial charge in [-0.25, -0.2) is 0 Å². The van der Waals surface area contributed by atoms with E-state index in [1.165, 1.54) is 0 Å². The first-order valence-corrected chi connectivity index (χ1v) is 5.34. The summed E-state index contributed by atoms with van der Waals surface area (Å²) < 4.78 is 10.3. The number of hydrogen-bond acceptors (Lipinski definition) is 4. The average Bonchev–Trinajstić information content (AvgIpc) is 2.66. The Morgan fingerprint density at radius 1 is 1.53 bits per heavy atom. The monoisotopic (exact) mass is 213 g/mol. The third-order valence-corrected chi connectivity index (χ3v) is 2.40. The molecule has 0 aromatic rings. The highest BCUT2D eigenvalue weighted by Gasteiger charge is 2.23. The molecule has 0 heterocycles. The lowest BCUT2D eigenvalue weighted by Gasteiger charge is -2.16. The van der Waals surface area contributed by atoms with Crippen LogP contribution in [-0.4, -0.2) is 24.7 Å². The van der Waals surface area contributed by atoms with Gasteiger partial charge in [-0.2, -0.15) is 0 Å². The minimum Gasteiger partial charge on any atom is -0.497 e. The zero-order valence-electron chi connectivity index (χ0n) is 9.20. The molecule has 0 spiro atoms. The Bertz CT molecular complexity index is 234. The van der Waals surface area contributed by atoms with Crippen molar-refractivity contribution in [1.29, 1.82) is 0 Å². The van der Waals surface area contributed by atoms with Gasteiger partial charge >= 0.3 is 5.97 Å². The SMILES string of the molecule is C=C(C)OC[C@H](N)C(=O)OC1CCCC1. The molecule has 4 heteroatoms. The molecule has 1 fully saturated rings. The van der Waals surface area contributed by atoms with E-state index in [-0.39, 0.29) is 18.7 Å². The molecule has 86 valence electrons. The summed E-state index contributed by atoms with van der Waals surface area (Å²) in [4.78, 5) is 11.5. The number of allylic oxidation sites excluding steroid dienone is 1. The highest BCUT2D eigenvalue weighted by atomic mass is 16.5. The first-order chi connectivity index (χ1) is 7.09. The fourth-order valence-corrected chi connectivity index (χ4v) is 1.56. The molecule has 0 radical (unpaired) electrons. The Balaban J connectivity index is 2.22. The van der Waals surface area contributed by atoms with Crippen LogP contribution in [0.1, 0.15) is 32.6 Å². The number of esters is 1.